The van der Waals surface area contributed by atoms with Crippen molar-refractivity contribution in [2.24, 2.45) is 5.92 Å². The number of rotatable bonds is 3. The Bertz CT molecular complexity index is 177. The molecule has 2 heteroatoms. The Labute approximate surface area is 93.8 Å². The van der Waals surface area contributed by atoms with Crippen LogP contribution in [0.4, 0.5) is 0 Å². The van der Waals surface area contributed by atoms with Gasteiger partial charge >= 0.3 is 0 Å². The average Bonchev–Trinajstić information content (AvgIpc) is 2.64. The third-order valence-electron chi connectivity index (χ3n) is 4.06. The van der Waals surface area contributed by atoms with Gasteiger partial charge in [0.25, 0.3) is 0 Å². The van der Waals surface area contributed by atoms with Crippen LogP contribution in [-0.2, 0) is 4.74 Å². The second-order valence-electron chi connectivity index (χ2n) is 5.24. The highest BCUT2D eigenvalue weighted by Crippen LogP contribution is 2.30. The molecule has 1 heterocycles. The van der Waals surface area contributed by atoms with Gasteiger partial charge in [-0.15, -0.1) is 0 Å². The van der Waals surface area contributed by atoms with E-state index in [2.05, 4.69) is 12.4 Å². The molecule has 0 amide bonds. The molecule has 2 rings (SSSR count). The minimum absolute atomic E-state index is 0.589. The molecule has 2 fully saturated rings. The van der Waals surface area contributed by atoms with Crippen molar-refractivity contribution in [1.82, 2.24) is 5.32 Å². The first-order valence-electron chi connectivity index (χ1n) is 6.67. The Balaban J connectivity index is 1.78. The van der Waals surface area contributed by atoms with Crippen LogP contribution >= 0.6 is 0 Å². The van der Waals surface area contributed by atoms with Crippen LogP contribution in [0.15, 0.2) is 0 Å². The molecule has 3 unspecified atom stereocenters. The van der Waals surface area contributed by atoms with Crippen LogP contribution in [0, 0.1) is 5.92 Å². The lowest BCUT2D eigenvalue weighted by Crippen LogP contribution is -2.27. The van der Waals surface area contributed by atoms with E-state index in [1.54, 1.807) is 0 Å². The summed E-state index contributed by atoms with van der Waals surface area (Å²) in [5, 5.41) is 3.46. The van der Waals surface area contributed by atoms with E-state index in [4.69, 9.17) is 4.74 Å². The maximum atomic E-state index is 5.74. The first-order valence-corrected chi connectivity index (χ1v) is 6.67. The van der Waals surface area contributed by atoms with Gasteiger partial charge in [-0.2, -0.15) is 0 Å². The molecular formula is C13H25NO. The smallest absolute Gasteiger partial charge is 0.0578 e. The van der Waals surface area contributed by atoms with Gasteiger partial charge in [0.15, 0.2) is 0 Å². The van der Waals surface area contributed by atoms with Crippen molar-refractivity contribution in [2.75, 3.05) is 13.7 Å². The summed E-state index contributed by atoms with van der Waals surface area (Å²) in [6, 6.07) is 0.763. The Hall–Kier alpha value is -0.0800. The molecule has 0 aromatic carbocycles. The number of hydrogen-bond donors (Lipinski definition) is 1. The van der Waals surface area contributed by atoms with Crippen LogP contribution < -0.4 is 5.32 Å². The van der Waals surface area contributed by atoms with Gasteiger partial charge in [0.05, 0.1) is 6.10 Å². The largest absolute Gasteiger partial charge is 0.378 e. The summed E-state index contributed by atoms with van der Waals surface area (Å²) in [5.41, 5.74) is 0. The van der Waals surface area contributed by atoms with Gasteiger partial charge < -0.3 is 10.1 Å². The minimum Gasteiger partial charge on any atom is -0.378 e. The van der Waals surface area contributed by atoms with E-state index < -0.39 is 0 Å². The molecule has 1 N–H and O–H groups in total. The molecule has 2 nitrogen and oxygen atoms in total. The van der Waals surface area contributed by atoms with Gasteiger partial charge in [0.1, 0.15) is 0 Å². The first kappa shape index (κ1) is 11.4. The lowest BCUT2D eigenvalue weighted by Gasteiger charge is -2.22. The second-order valence-corrected chi connectivity index (χ2v) is 5.24. The van der Waals surface area contributed by atoms with Crippen molar-refractivity contribution in [1.29, 1.82) is 0 Å². The SMILES string of the molecule is CNC1CCCCC(CC2CCCO2)C1. The zero-order chi connectivity index (χ0) is 10.5. The molecule has 0 bridgehead atoms. The van der Waals surface area contributed by atoms with Gasteiger partial charge in [0, 0.05) is 12.6 Å². The predicted molar refractivity (Wildman–Crippen MR) is 63.0 cm³/mol. The highest BCUT2D eigenvalue weighted by atomic mass is 16.5. The van der Waals surface area contributed by atoms with E-state index in [-0.39, 0.29) is 0 Å². The maximum Gasteiger partial charge on any atom is 0.0578 e. The predicted octanol–water partition coefficient (Wildman–Crippen LogP) is 2.72. The fraction of sp³-hybridized carbons (Fsp3) is 1.00. The molecule has 0 radical (unpaired) electrons. The van der Waals surface area contributed by atoms with E-state index in [0.717, 1.165) is 18.6 Å². The van der Waals surface area contributed by atoms with Gasteiger partial charge in [-0.25, -0.2) is 0 Å². The highest BCUT2D eigenvalue weighted by molar-refractivity contribution is 4.78. The van der Waals surface area contributed by atoms with Crippen LogP contribution in [0.25, 0.3) is 0 Å². The summed E-state index contributed by atoms with van der Waals surface area (Å²) >= 11 is 0. The first-order chi connectivity index (χ1) is 7.38. The molecule has 1 saturated carbocycles. The Morgan fingerprint density at radius 3 is 2.73 bits per heavy atom. The molecule has 0 aromatic heterocycles. The average molecular weight is 211 g/mol. The molecule has 2 aliphatic rings. The van der Waals surface area contributed by atoms with Gasteiger partial charge in [-0.1, -0.05) is 19.3 Å². The fourth-order valence-electron chi connectivity index (χ4n) is 3.14. The summed E-state index contributed by atoms with van der Waals surface area (Å²) in [5.74, 6) is 0.910. The number of hydrogen-bond acceptors (Lipinski definition) is 2. The molecule has 1 aliphatic heterocycles. The zero-order valence-corrected chi connectivity index (χ0v) is 10.0. The Morgan fingerprint density at radius 2 is 2.00 bits per heavy atom. The van der Waals surface area contributed by atoms with Crippen LogP contribution in [0.2, 0.25) is 0 Å². The van der Waals surface area contributed by atoms with Crippen LogP contribution in [0.5, 0.6) is 0 Å². The van der Waals surface area contributed by atoms with Crippen LogP contribution in [-0.4, -0.2) is 25.8 Å². The molecule has 3 atom stereocenters. The van der Waals surface area contributed by atoms with Gasteiger partial charge in [-0.3, -0.25) is 0 Å². The zero-order valence-electron chi connectivity index (χ0n) is 10.0. The topological polar surface area (TPSA) is 21.3 Å². The summed E-state index contributed by atoms with van der Waals surface area (Å²) in [6.45, 7) is 1.01. The van der Waals surface area contributed by atoms with E-state index in [1.807, 2.05) is 0 Å². The third kappa shape index (κ3) is 3.46. The van der Waals surface area contributed by atoms with E-state index in [1.165, 1.54) is 51.4 Å². The molecule has 15 heavy (non-hydrogen) atoms. The number of nitrogens with one attached hydrogen (secondary N) is 1. The molecule has 1 saturated heterocycles. The minimum atomic E-state index is 0.589. The molecule has 0 aromatic rings. The van der Waals surface area contributed by atoms with E-state index >= 15 is 0 Å². The quantitative estimate of drug-likeness (QED) is 0.725. The van der Waals surface area contributed by atoms with Crippen LogP contribution in [0.1, 0.15) is 51.4 Å². The summed E-state index contributed by atoms with van der Waals surface area (Å²) in [6.07, 6.45) is 11.5. The second kappa shape index (κ2) is 5.86. The standard InChI is InChI=1S/C13H25NO/c1-14-12-6-3-2-5-11(9-12)10-13-7-4-8-15-13/h11-14H,2-10H2,1H3. The Morgan fingerprint density at radius 1 is 1.13 bits per heavy atom. The normalized spacial score (nSPS) is 37.8. The van der Waals surface area contributed by atoms with E-state index in [9.17, 15) is 0 Å². The van der Waals surface area contributed by atoms with Gasteiger partial charge in [0.2, 0.25) is 0 Å². The summed E-state index contributed by atoms with van der Waals surface area (Å²) in [4.78, 5) is 0. The molecular weight excluding hydrogens is 186 g/mol. The molecule has 0 spiro atoms. The van der Waals surface area contributed by atoms with Crippen molar-refractivity contribution in [3.8, 4) is 0 Å². The fourth-order valence-corrected chi connectivity index (χ4v) is 3.14. The lowest BCUT2D eigenvalue weighted by molar-refractivity contribution is 0.0860. The van der Waals surface area contributed by atoms with Crippen molar-refractivity contribution in [3.05, 3.63) is 0 Å². The van der Waals surface area contributed by atoms with Crippen LogP contribution in [0.3, 0.4) is 0 Å². The maximum absolute atomic E-state index is 5.74. The molecule has 1 aliphatic carbocycles. The molecule has 88 valence electrons. The third-order valence-corrected chi connectivity index (χ3v) is 4.06. The van der Waals surface area contributed by atoms with Crippen molar-refractivity contribution >= 4 is 0 Å². The van der Waals surface area contributed by atoms with Crippen molar-refractivity contribution in [3.63, 3.8) is 0 Å². The van der Waals surface area contributed by atoms with Gasteiger partial charge in [-0.05, 0) is 45.1 Å². The highest BCUT2D eigenvalue weighted by Gasteiger charge is 2.24. The van der Waals surface area contributed by atoms with E-state index in [0.29, 0.717) is 6.10 Å². The Kier molecular flexibility index (Phi) is 4.45. The summed E-state index contributed by atoms with van der Waals surface area (Å²) < 4.78 is 5.74. The number of ether oxygens (including phenoxy) is 1. The van der Waals surface area contributed by atoms with Crippen molar-refractivity contribution in [2.45, 2.75) is 63.5 Å². The summed E-state index contributed by atoms with van der Waals surface area (Å²) in [7, 11) is 2.11. The lowest BCUT2D eigenvalue weighted by atomic mass is 9.91. The monoisotopic (exact) mass is 211 g/mol. The van der Waals surface area contributed by atoms with Crippen molar-refractivity contribution < 1.29 is 4.74 Å².